The summed E-state index contributed by atoms with van der Waals surface area (Å²) in [4.78, 5) is 23.7. The summed E-state index contributed by atoms with van der Waals surface area (Å²) in [6.45, 7) is 0.781. The number of hydrogen-bond donors (Lipinski definition) is 0. The molecule has 0 spiro atoms. The lowest BCUT2D eigenvalue weighted by molar-refractivity contribution is -0.126. The van der Waals surface area contributed by atoms with Crippen molar-refractivity contribution in [2.45, 2.75) is 18.9 Å². The average Bonchev–Trinajstić information content (AvgIpc) is 3.52. The van der Waals surface area contributed by atoms with Crippen LogP contribution in [0.5, 0.6) is 0 Å². The SMILES string of the molecule is O=C(/C=C/c1ccc(-n2ccnc2)cc1)N1CCCC1c1nc2ccccc2s1. The molecule has 3 heterocycles. The fraction of sp³-hybridized carbons (Fsp3) is 0.174. The zero-order valence-corrected chi connectivity index (χ0v) is 16.6. The molecule has 1 saturated heterocycles. The Labute approximate surface area is 173 Å². The van der Waals surface area contributed by atoms with Gasteiger partial charge in [0.25, 0.3) is 0 Å². The van der Waals surface area contributed by atoms with Gasteiger partial charge >= 0.3 is 0 Å². The summed E-state index contributed by atoms with van der Waals surface area (Å²) in [5.41, 5.74) is 3.06. The summed E-state index contributed by atoms with van der Waals surface area (Å²) in [5, 5.41) is 1.04. The van der Waals surface area contributed by atoms with E-state index in [-0.39, 0.29) is 11.9 Å². The van der Waals surface area contributed by atoms with Crippen LogP contribution in [0.15, 0.2) is 73.3 Å². The minimum absolute atomic E-state index is 0.0467. The van der Waals surface area contributed by atoms with Crippen LogP contribution < -0.4 is 0 Å². The standard InChI is InChI=1S/C23H20N4OS/c28-22(12-9-17-7-10-18(11-8-17)26-15-13-24-16-26)27-14-3-5-20(27)23-25-19-4-1-2-6-21(19)29-23/h1-2,4,6-13,15-16,20H,3,5,14H2/b12-9+. The van der Waals surface area contributed by atoms with Crippen LogP contribution in [-0.2, 0) is 4.79 Å². The molecular formula is C23H20N4OS. The van der Waals surface area contributed by atoms with Gasteiger partial charge in [0.2, 0.25) is 5.91 Å². The van der Waals surface area contributed by atoms with Crippen LogP contribution in [0.1, 0.15) is 29.5 Å². The summed E-state index contributed by atoms with van der Waals surface area (Å²) < 4.78 is 3.13. The van der Waals surface area contributed by atoms with Crippen molar-refractivity contribution in [1.29, 1.82) is 0 Å². The van der Waals surface area contributed by atoms with Crippen LogP contribution in [0, 0.1) is 0 Å². The third-order valence-electron chi connectivity index (χ3n) is 5.25. The molecule has 1 aliphatic rings. The maximum Gasteiger partial charge on any atom is 0.247 e. The fourth-order valence-corrected chi connectivity index (χ4v) is 4.87. The van der Waals surface area contributed by atoms with Gasteiger partial charge in [-0.2, -0.15) is 0 Å². The fourth-order valence-electron chi connectivity index (χ4n) is 3.75. The largest absolute Gasteiger partial charge is 0.330 e. The van der Waals surface area contributed by atoms with Crippen molar-refractivity contribution in [3.05, 3.63) is 83.9 Å². The smallest absolute Gasteiger partial charge is 0.247 e. The van der Waals surface area contributed by atoms with Crippen molar-refractivity contribution in [3.8, 4) is 5.69 Å². The number of carbonyl (C=O) groups is 1. The van der Waals surface area contributed by atoms with E-state index in [9.17, 15) is 4.79 Å². The second-order valence-corrected chi connectivity index (χ2v) is 8.17. The first-order chi connectivity index (χ1) is 14.3. The average molecular weight is 401 g/mol. The Morgan fingerprint density at radius 1 is 1.14 bits per heavy atom. The monoisotopic (exact) mass is 400 g/mol. The number of amides is 1. The molecule has 5 nitrogen and oxygen atoms in total. The van der Waals surface area contributed by atoms with Gasteiger partial charge in [0.1, 0.15) is 5.01 Å². The molecule has 6 heteroatoms. The quantitative estimate of drug-likeness (QED) is 0.460. The van der Waals surface area contributed by atoms with Gasteiger partial charge in [-0.15, -0.1) is 11.3 Å². The van der Waals surface area contributed by atoms with Gasteiger partial charge in [0.15, 0.2) is 0 Å². The van der Waals surface area contributed by atoms with Gasteiger partial charge in [0.05, 0.1) is 22.6 Å². The number of hydrogen-bond acceptors (Lipinski definition) is 4. The van der Waals surface area contributed by atoms with Crippen LogP contribution in [-0.4, -0.2) is 31.9 Å². The van der Waals surface area contributed by atoms with E-state index in [0.29, 0.717) is 0 Å². The molecule has 144 valence electrons. The highest BCUT2D eigenvalue weighted by Crippen LogP contribution is 2.36. The summed E-state index contributed by atoms with van der Waals surface area (Å²) in [6.07, 6.45) is 11.0. The Morgan fingerprint density at radius 3 is 2.79 bits per heavy atom. The highest BCUT2D eigenvalue weighted by Gasteiger charge is 2.31. The van der Waals surface area contributed by atoms with E-state index in [1.165, 1.54) is 4.70 Å². The number of imidazole rings is 1. The normalized spacial score (nSPS) is 16.8. The number of thiazole rings is 1. The first kappa shape index (κ1) is 17.8. The first-order valence-electron chi connectivity index (χ1n) is 9.70. The molecule has 0 saturated carbocycles. The number of aromatic nitrogens is 3. The van der Waals surface area contributed by atoms with Crippen molar-refractivity contribution in [1.82, 2.24) is 19.4 Å². The summed E-state index contributed by atoms with van der Waals surface area (Å²) in [7, 11) is 0. The summed E-state index contributed by atoms with van der Waals surface area (Å²) in [6, 6.07) is 16.3. The van der Waals surface area contributed by atoms with Gasteiger partial charge in [-0.1, -0.05) is 24.3 Å². The van der Waals surface area contributed by atoms with E-state index >= 15 is 0 Å². The highest BCUT2D eigenvalue weighted by molar-refractivity contribution is 7.18. The molecule has 1 atom stereocenters. The van der Waals surface area contributed by atoms with Crippen LogP contribution in [0.25, 0.3) is 22.0 Å². The minimum atomic E-state index is 0.0467. The number of para-hydroxylation sites is 1. The third kappa shape index (κ3) is 3.59. The second kappa shape index (κ2) is 7.64. The molecule has 0 bridgehead atoms. The van der Waals surface area contributed by atoms with Crippen molar-refractivity contribution >= 4 is 33.5 Å². The molecule has 0 radical (unpaired) electrons. The van der Waals surface area contributed by atoms with E-state index in [0.717, 1.165) is 41.2 Å². The van der Waals surface area contributed by atoms with Gasteiger partial charge in [-0.05, 0) is 48.7 Å². The van der Waals surface area contributed by atoms with E-state index < -0.39 is 0 Å². The Morgan fingerprint density at radius 2 is 2.00 bits per heavy atom. The van der Waals surface area contributed by atoms with Gasteiger partial charge in [0, 0.05) is 30.7 Å². The van der Waals surface area contributed by atoms with Crippen LogP contribution in [0.2, 0.25) is 0 Å². The van der Waals surface area contributed by atoms with Crippen LogP contribution in [0.4, 0.5) is 0 Å². The maximum atomic E-state index is 12.9. The van der Waals surface area contributed by atoms with Crippen molar-refractivity contribution in [2.75, 3.05) is 6.54 Å². The predicted molar refractivity (Wildman–Crippen MR) is 116 cm³/mol. The molecular weight excluding hydrogens is 380 g/mol. The number of benzene rings is 2. The van der Waals surface area contributed by atoms with Gasteiger partial charge in [-0.3, -0.25) is 4.79 Å². The van der Waals surface area contributed by atoms with E-state index in [1.54, 1.807) is 29.9 Å². The third-order valence-corrected chi connectivity index (χ3v) is 6.38. The predicted octanol–water partition coefficient (Wildman–Crippen LogP) is 4.86. The summed E-state index contributed by atoms with van der Waals surface area (Å²) in [5.74, 6) is 0.0467. The van der Waals surface area contributed by atoms with Gasteiger partial charge < -0.3 is 9.47 Å². The van der Waals surface area contributed by atoms with Crippen LogP contribution >= 0.6 is 11.3 Å². The Bertz CT molecular complexity index is 1130. The number of likely N-dealkylation sites (tertiary alicyclic amines) is 1. The minimum Gasteiger partial charge on any atom is -0.330 e. The molecule has 29 heavy (non-hydrogen) atoms. The van der Waals surface area contributed by atoms with E-state index in [4.69, 9.17) is 4.98 Å². The molecule has 1 aliphatic heterocycles. The van der Waals surface area contributed by atoms with Gasteiger partial charge in [-0.25, -0.2) is 9.97 Å². The second-order valence-electron chi connectivity index (χ2n) is 7.10. The molecule has 2 aromatic carbocycles. The number of carbonyl (C=O) groups excluding carboxylic acids is 1. The van der Waals surface area contributed by atoms with Crippen molar-refractivity contribution in [3.63, 3.8) is 0 Å². The number of nitrogens with zero attached hydrogens (tertiary/aromatic N) is 4. The number of fused-ring (bicyclic) bond motifs is 1. The first-order valence-corrected chi connectivity index (χ1v) is 10.5. The topological polar surface area (TPSA) is 51.0 Å². The maximum absolute atomic E-state index is 12.9. The molecule has 0 N–H and O–H groups in total. The molecule has 0 aliphatic carbocycles. The summed E-state index contributed by atoms with van der Waals surface area (Å²) >= 11 is 1.69. The number of rotatable bonds is 4. The lowest BCUT2D eigenvalue weighted by Crippen LogP contribution is -2.28. The lowest BCUT2D eigenvalue weighted by Gasteiger charge is -2.21. The van der Waals surface area contributed by atoms with Crippen molar-refractivity contribution < 1.29 is 4.79 Å². The van der Waals surface area contributed by atoms with E-state index in [1.807, 2.05) is 64.2 Å². The Kier molecular flexibility index (Phi) is 4.69. The molecule has 1 amide bonds. The molecule has 5 rings (SSSR count). The van der Waals surface area contributed by atoms with E-state index in [2.05, 4.69) is 11.1 Å². The molecule has 2 aromatic heterocycles. The Balaban J connectivity index is 1.31. The zero-order chi connectivity index (χ0) is 19.6. The molecule has 4 aromatic rings. The van der Waals surface area contributed by atoms with Crippen molar-refractivity contribution in [2.24, 2.45) is 0 Å². The zero-order valence-electron chi connectivity index (χ0n) is 15.8. The van der Waals surface area contributed by atoms with Crippen LogP contribution in [0.3, 0.4) is 0 Å². The highest BCUT2D eigenvalue weighted by atomic mass is 32.1. The molecule has 1 unspecified atom stereocenters. The lowest BCUT2D eigenvalue weighted by atomic mass is 10.2. The molecule has 1 fully saturated rings. The Hall–Kier alpha value is -3.25.